The predicted octanol–water partition coefficient (Wildman–Crippen LogP) is 2.87. The summed E-state index contributed by atoms with van der Waals surface area (Å²) in [6.07, 6.45) is 0.888. The normalized spacial score (nSPS) is 24.2. The molecule has 2 aromatic carbocycles. The number of rotatable bonds is 7. The maximum Gasteiger partial charge on any atom is 0.133 e. The van der Waals surface area contributed by atoms with Crippen molar-refractivity contribution < 1.29 is 19.7 Å². The topological polar surface area (TPSA) is 65.4 Å². The van der Waals surface area contributed by atoms with Crippen LogP contribution in [0.4, 0.5) is 5.69 Å². The number of piperazine rings is 1. The van der Waals surface area contributed by atoms with E-state index in [2.05, 4.69) is 40.1 Å². The Bertz CT molecular complexity index is 845. The highest BCUT2D eigenvalue weighted by Crippen LogP contribution is 2.46. The average molecular weight is 445 g/mol. The van der Waals surface area contributed by atoms with E-state index in [9.17, 15) is 10.2 Å². The molecular formula is C24H32N2O4S. The second-order valence-corrected chi connectivity index (χ2v) is 9.69. The van der Waals surface area contributed by atoms with Gasteiger partial charge in [0.25, 0.3) is 0 Å². The molecule has 0 unspecified atom stereocenters. The molecule has 1 fully saturated rings. The van der Waals surface area contributed by atoms with E-state index in [4.69, 9.17) is 9.47 Å². The molecular weight excluding hydrogens is 412 g/mol. The first-order valence-corrected chi connectivity index (χ1v) is 11.8. The molecule has 0 saturated carbocycles. The fourth-order valence-corrected chi connectivity index (χ4v) is 5.68. The van der Waals surface area contributed by atoms with Gasteiger partial charge in [-0.3, -0.25) is 4.90 Å². The molecule has 2 atom stereocenters. The highest BCUT2D eigenvalue weighted by Gasteiger charge is 2.41. The molecule has 0 spiro atoms. The van der Waals surface area contributed by atoms with E-state index in [1.807, 2.05) is 18.2 Å². The SMILES string of the molecule is COc1ccc2c(c1)S[C@@](CO)(CCCN1CCN(c3ccccc3)CC1)[C@@H](O)CO2. The van der Waals surface area contributed by atoms with Gasteiger partial charge in [-0.25, -0.2) is 0 Å². The molecule has 4 rings (SSSR count). The predicted molar refractivity (Wildman–Crippen MR) is 124 cm³/mol. The van der Waals surface area contributed by atoms with Crippen LogP contribution in [0.5, 0.6) is 11.5 Å². The molecule has 6 nitrogen and oxygen atoms in total. The zero-order valence-corrected chi connectivity index (χ0v) is 18.9. The lowest BCUT2D eigenvalue weighted by Crippen LogP contribution is -2.48. The molecule has 2 aliphatic heterocycles. The number of benzene rings is 2. The first-order valence-electron chi connectivity index (χ1n) is 10.9. The molecule has 1 saturated heterocycles. The van der Waals surface area contributed by atoms with Crippen LogP contribution in [0.2, 0.25) is 0 Å². The van der Waals surface area contributed by atoms with Crippen LogP contribution >= 0.6 is 11.8 Å². The van der Waals surface area contributed by atoms with E-state index in [1.165, 1.54) is 17.4 Å². The summed E-state index contributed by atoms with van der Waals surface area (Å²) in [5.41, 5.74) is 1.29. The van der Waals surface area contributed by atoms with Gasteiger partial charge in [-0.05, 0) is 49.7 Å². The molecule has 0 aromatic heterocycles. The van der Waals surface area contributed by atoms with Crippen LogP contribution < -0.4 is 14.4 Å². The van der Waals surface area contributed by atoms with Gasteiger partial charge >= 0.3 is 0 Å². The number of hydrogen-bond acceptors (Lipinski definition) is 7. The second-order valence-electron chi connectivity index (χ2n) is 8.23. The molecule has 0 radical (unpaired) electrons. The molecule has 0 aliphatic carbocycles. The number of nitrogens with zero attached hydrogens (tertiary/aromatic N) is 2. The monoisotopic (exact) mass is 444 g/mol. The Labute approximate surface area is 188 Å². The van der Waals surface area contributed by atoms with Crippen molar-refractivity contribution in [3.63, 3.8) is 0 Å². The Balaban J connectivity index is 1.34. The Morgan fingerprint density at radius 3 is 2.61 bits per heavy atom. The van der Waals surface area contributed by atoms with Crippen molar-refractivity contribution in [2.24, 2.45) is 0 Å². The van der Waals surface area contributed by atoms with E-state index in [0.717, 1.165) is 55.5 Å². The minimum absolute atomic E-state index is 0.0966. The lowest BCUT2D eigenvalue weighted by atomic mass is 9.96. The van der Waals surface area contributed by atoms with Crippen LogP contribution in [0.3, 0.4) is 0 Å². The number of aliphatic hydroxyl groups is 2. The standard InChI is InChI=1S/C24H32N2O4S/c1-29-20-8-9-21-22(16-20)31-24(18-27,23(28)17-30-21)10-5-11-25-12-14-26(15-13-25)19-6-3-2-4-7-19/h2-4,6-9,16,23,27-28H,5,10-15,17-18H2,1H3/t23-,24+/m0/s1. The largest absolute Gasteiger partial charge is 0.497 e. The first kappa shape index (κ1) is 22.3. The summed E-state index contributed by atoms with van der Waals surface area (Å²) < 4.78 is 10.5. The molecule has 2 aliphatic rings. The number of hydrogen-bond donors (Lipinski definition) is 2. The second kappa shape index (κ2) is 10.1. The quantitative estimate of drug-likeness (QED) is 0.681. The Hall–Kier alpha value is -1.93. The third kappa shape index (κ3) is 5.12. The minimum Gasteiger partial charge on any atom is -0.497 e. The smallest absolute Gasteiger partial charge is 0.133 e. The van der Waals surface area contributed by atoms with Gasteiger partial charge in [0.15, 0.2) is 0 Å². The van der Waals surface area contributed by atoms with Crippen molar-refractivity contribution in [2.45, 2.75) is 28.6 Å². The summed E-state index contributed by atoms with van der Waals surface area (Å²) in [5, 5.41) is 21.1. The minimum atomic E-state index is -0.740. The summed E-state index contributed by atoms with van der Waals surface area (Å²) in [6.45, 7) is 5.15. The van der Waals surface area contributed by atoms with Gasteiger partial charge in [-0.1, -0.05) is 18.2 Å². The number of fused-ring (bicyclic) bond motifs is 1. The van der Waals surface area contributed by atoms with Crippen molar-refractivity contribution in [2.75, 3.05) is 57.9 Å². The van der Waals surface area contributed by atoms with E-state index >= 15 is 0 Å². The Morgan fingerprint density at radius 1 is 1.13 bits per heavy atom. The van der Waals surface area contributed by atoms with Gasteiger partial charge in [0, 0.05) is 31.9 Å². The number of ether oxygens (including phenoxy) is 2. The molecule has 2 heterocycles. The van der Waals surface area contributed by atoms with Crippen molar-refractivity contribution in [3.8, 4) is 11.5 Å². The number of methoxy groups -OCH3 is 1. The number of anilines is 1. The molecule has 168 valence electrons. The van der Waals surface area contributed by atoms with Gasteiger partial charge in [-0.15, -0.1) is 11.8 Å². The fraction of sp³-hybridized carbons (Fsp3) is 0.500. The van der Waals surface area contributed by atoms with Crippen LogP contribution in [0.25, 0.3) is 0 Å². The molecule has 2 aromatic rings. The van der Waals surface area contributed by atoms with Crippen molar-refractivity contribution >= 4 is 17.4 Å². The van der Waals surface area contributed by atoms with E-state index in [-0.39, 0.29) is 13.2 Å². The zero-order chi connectivity index (χ0) is 21.7. The number of thioether (sulfide) groups is 1. The average Bonchev–Trinajstić information content (AvgIpc) is 2.96. The van der Waals surface area contributed by atoms with Crippen molar-refractivity contribution in [1.82, 2.24) is 4.90 Å². The van der Waals surface area contributed by atoms with Crippen LogP contribution in [0.15, 0.2) is 53.4 Å². The third-order valence-corrected chi connectivity index (χ3v) is 7.85. The summed E-state index contributed by atoms with van der Waals surface area (Å²) in [6, 6.07) is 16.2. The van der Waals surface area contributed by atoms with Crippen molar-refractivity contribution in [3.05, 3.63) is 48.5 Å². The van der Waals surface area contributed by atoms with Gasteiger partial charge in [0.2, 0.25) is 0 Å². The lowest BCUT2D eigenvalue weighted by Gasteiger charge is -2.37. The first-order chi connectivity index (χ1) is 15.1. The summed E-state index contributed by atoms with van der Waals surface area (Å²) in [4.78, 5) is 5.81. The summed E-state index contributed by atoms with van der Waals surface area (Å²) >= 11 is 1.52. The fourth-order valence-electron chi connectivity index (χ4n) is 4.33. The van der Waals surface area contributed by atoms with Crippen LogP contribution in [0.1, 0.15) is 12.8 Å². The maximum atomic E-state index is 10.8. The molecule has 0 amide bonds. The summed E-state index contributed by atoms with van der Waals surface area (Å²) in [5.74, 6) is 1.48. The Morgan fingerprint density at radius 2 is 1.90 bits per heavy atom. The van der Waals surface area contributed by atoms with Crippen molar-refractivity contribution in [1.29, 1.82) is 0 Å². The summed E-state index contributed by atoms with van der Waals surface area (Å²) in [7, 11) is 1.63. The number of aliphatic hydroxyl groups excluding tert-OH is 2. The zero-order valence-electron chi connectivity index (χ0n) is 18.1. The highest BCUT2D eigenvalue weighted by atomic mass is 32.2. The van der Waals surface area contributed by atoms with Crippen LogP contribution in [-0.2, 0) is 0 Å². The van der Waals surface area contributed by atoms with E-state index < -0.39 is 10.9 Å². The third-order valence-electron chi connectivity index (χ3n) is 6.30. The van der Waals surface area contributed by atoms with Gasteiger partial charge in [0.1, 0.15) is 24.2 Å². The molecule has 2 N–H and O–H groups in total. The maximum absolute atomic E-state index is 10.8. The van der Waals surface area contributed by atoms with Gasteiger partial charge < -0.3 is 24.6 Å². The molecule has 7 heteroatoms. The van der Waals surface area contributed by atoms with Gasteiger partial charge in [0.05, 0.1) is 23.4 Å². The molecule has 31 heavy (non-hydrogen) atoms. The van der Waals surface area contributed by atoms with E-state index in [0.29, 0.717) is 6.42 Å². The van der Waals surface area contributed by atoms with Crippen LogP contribution in [-0.4, -0.2) is 79.0 Å². The highest BCUT2D eigenvalue weighted by molar-refractivity contribution is 8.00. The van der Waals surface area contributed by atoms with Crippen LogP contribution in [0, 0.1) is 0 Å². The molecule has 0 bridgehead atoms. The lowest BCUT2D eigenvalue weighted by molar-refractivity contribution is 0.0455. The number of para-hydroxylation sites is 1. The van der Waals surface area contributed by atoms with Gasteiger partial charge in [-0.2, -0.15) is 0 Å². The Kier molecular flexibility index (Phi) is 7.27. The van der Waals surface area contributed by atoms with E-state index in [1.54, 1.807) is 7.11 Å².